The van der Waals surface area contributed by atoms with Gasteiger partial charge in [0.05, 0.1) is 0 Å². The number of nitrogens with two attached hydrogens (primary N) is 1. The fourth-order valence-corrected chi connectivity index (χ4v) is 2.87. The number of piperazine rings is 1. The Morgan fingerprint density at radius 3 is 2.40 bits per heavy atom. The summed E-state index contributed by atoms with van der Waals surface area (Å²) in [5, 5.41) is 0. The molecule has 25 heavy (non-hydrogen) atoms. The van der Waals surface area contributed by atoms with Crippen LogP contribution in [0.1, 0.15) is 39.7 Å². The molecule has 1 aromatic carbocycles. The number of nitrogen functional groups attached to an aromatic ring is 1. The van der Waals surface area contributed by atoms with Crippen molar-refractivity contribution in [2.75, 3.05) is 25.4 Å². The lowest BCUT2D eigenvalue weighted by Crippen LogP contribution is -2.56. The van der Waals surface area contributed by atoms with Crippen molar-refractivity contribution in [2.24, 2.45) is 0 Å². The molecule has 6 nitrogen and oxygen atoms in total. The molecular formula is C19H29N3O3. The standard InChI is InChI=1S/C19H29N3O3/c1-14-13-21(11-12-22(14)18(24)25-19(2,3)4)17(23)10-7-15-5-8-16(20)9-6-15/h5-6,8-9,14H,7,10-13,20H2,1-4H3/t14-/m1/s1. The molecule has 1 heterocycles. The van der Waals surface area contributed by atoms with E-state index in [2.05, 4.69) is 0 Å². The average molecular weight is 347 g/mol. The third-order valence-corrected chi connectivity index (χ3v) is 4.22. The molecule has 1 aliphatic rings. The Morgan fingerprint density at radius 2 is 1.84 bits per heavy atom. The predicted octanol–water partition coefficient (Wildman–Crippen LogP) is 2.67. The maximum absolute atomic E-state index is 12.5. The van der Waals surface area contributed by atoms with Crippen molar-refractivity contribution < 1.29 is 14.3 Å². The van der Waals surface area contributed by atoms with Gasteiger partial charge in [-0.25, -0.2) is 4.79 Å². The van der Waals surface area contributed by atoms with Crippen molar-refractivity contribution in [2.45, 2.75) is 52.2 Å². The van der Waals surface area contributed by atoms with Gasteiger partial charge in [0.25, 0.3) is 0 Å². The molecule has 0 aliphatic carbocycles. The molecule has 0 aromatic heterocycles. The van der Waals surface area contributed by atoms with Crippen molar-refractivity contribution in [3.63, 3.8) is 0 Å². The van der Waals surface area contributed by atoms with E-state index in [0.29, 0.717) is 32.5 Å². The number of aryl methyl sites for hydroxylation is 1. The molecule has 6 heteroatoms. The molecule has 0 unspecified atom stereocenters. The summed E-state index contributed by atoms with van der Waals surface area (Å²) in [5.74, 6) is 0.118. The van der Waals surface area contributed by atoms with Crippen LogP contribution in [-0.2, 0) is 16.0 Å². The molecular weight excluding hydrogens is 318 g/mol. The number of nitrogens with zero attached hydrogens (tertiary/aromatic N) is 2. The van der Waals surface area contributed by atoms with Crippen LogP contribution in [0.4, 0.5) is 10.5 Å². The molecule has 1 saturated heterocycles. The lowest BCUT2D eigenvalue weighted by molar-refractivity contribution is -0.134. The Hall–Kier alpha value is -2.24. The molecule has 1 aliphatic heterocycles. The number of amides is 2. The number of hydrogen-bond donors (Lipinski definition) is 1. The van der Waals surface area contributed by atoms with Crippen molar-refractivity contribution in [3.05, 3.63) is 29.8 Å². The molecule has 0 spiro atoms. The number of rotatable bonds is 3. The molecule has 138 valence electrons. The maximum atomic E-state index is 12.5. The van der Waals surface area contributed by atoms with Crippen LogP contribution in [0.5, 0.6) is 0 Å². The highest BCUT2D eigenvalue weighted by Gasteiger charge is 2.32. The number of hydrogen-bond acceptors (Lipinski definition) is 4. The second-order valence-electron chi connectivity index (χ2n) is 7.60. The third-order valence-electron chi connectivity index (χ3n) is 4.22. The highest BCUT2D eigenvalue weighted by Crippen LogP contribution is 2.17. The van der Waals surface area contributed by atoms with E-state index < -0.39 is 5.60 Å². The molecule has 0 radical (unpaired) electrons. The van der Waals surface area contributed by atoms with E-state index in [9.17, 15) is 9.59 Å². The topological polar surface area (TPSA) is 75.9 Å². The SMILES string of the molecule is C[C@@H]1CN(C(=O)CCc2ccc(N)cc2)CCN1C(=O)OC(C)(C)C. The first-order valence-corrected chi connectivity index (χ1v) is 8.77. The Labute approximate surface area is 149 Å². The summed E-state index contributed by atoms with van der Waals surface area (Å²) in [4.78, 5) is 28.2. The average Bonchev–Trinajstić information content (AvgIpc) is 2.52. The normalized spacial score (nSPS) is 18.2. The van der Waals surface area contributed by atoms with Gasteiger partial charge in [0.15, 0.2) is 0 Å². The van der Waals surface area contributed by atoms with Crippen molar-refractivity contribution in [1.82, 2.24) is 9.80 Å². The molecule has 2 rings (SSSR count). The van der Waals surface area contributed by atoms with E-state index >= 15 is 0 Å². The minimum absolute atomic E-state index is 0.0518. The van der Waals surface area contributed by atoms with Crippen LogP contribution in [0.2, 0.25) is 0 Å². The smallest absolute Gasteiger partial charge is 0.410 e. The fourth-order valence-electron chi connectivity index (χ4n) is 2.87. The van der Waals surface area contributed by atoms with Gasteiger partial charge in [-0.2, -0.15) is 0 Å². The summed E-state index contributed by atoms with van der Waals surface area (Å²) in [5.41, 5.74) is 6.99. The molecule has 0 bridgehead atoms. The Morgan fingerprint density at radius 1 is 1.20 bits per heavy atom. The van der Waals surface area contributed by atoms with Gasteiger partial charge in [-0.1, -0.05) is 12.1 Å². The molecule has 1 atom stereocenters. The Balaban J connectivity index is 1.84. The highest BCUT2D eigenvalue weighted by atomic mass is 16.6. The van der Waals surface area contributed by atoms with Crippen molar-refractivity contribution in [1.29, 1.82) is 0 Å². The monoisotopic (exact) mass is 347 g/mol. The van der Waals surface area contributed by atoms with Gasteiger partial charge in [-0.3, -0.25) is 4.79 Å². The van der Waals surface area contributed by atoms with Gasteiger partial charge in [-0.15, -0.1) is 0 Å². The minimum Gasteiger partial charge on any atom is -0.444 e. The summed E-state index contributed by atoms with van der Waals surface area (Å²) in [6.45, 7) is 9.10. The van der Waals surface area contributed by atoms with E-state index in [4.69, 9.17) is 10.5 Å². The first-order chi connectivity index (χ1) is 11.7. The quantitative estimate of drug-likeness (QED) is 0.853. The van der Waals surface area contributed by atoms with E-state index in [1.54, 1.807) is 4.90 Å². The molecule has 1 aromatic rings. The van der Waals surface area contributed by atoms with Crippen molar-refractivity contribution >= 4 is 17.7 Å². The number of ether oxygens (including phenoxy) is 1. The van der Waals surface area contributed by atoms with Crippen LogP contribution in [0.15, 0.2) is 24.3 Å². The third kappa shape index (κ3) is 5.66. The zero-order valence-electron chi connectivity index (χ0n) is 15.6. The van der Waals surface area contributed by atoms with E-state index in [-0.39, 0.29) is 18.0 Å². The molecule has 2 N–H and O–H groups in total. The van der Waals surface area contributed by atoms with Gasteiger partial charge < -0.3 is 20.3 Å². The van der Waals surface area contributed by atoms with Crippen molar-refractivity contribution in [3.8, 4) is 0 Å². The van der Waals surface area contributed by atoms with Crippen LogP contribution >= 0.6 is 0 Å². The van der Waals surface area contributed by atoms with Crippen LogP contribution in [0, 0.1) is 0 Å². The van der Waals surface area contributed by atoms with Gasteiger partial charge in [0.2, 0.25) is 5.91 Å². The summed E-state index contributed by atoms with van der Waals surface area (Å²) in [7, 11) is 0. The van der Waals surface area contributed by atoms with Crippen LogP contribution in [-0.4, -0.2) is 53.1 Å². The van der Waals surface area contributed by atoms with Gasteiger partial charge in [0.1, 0.15) is 5.60 Å². The van der Waals surface area contributed by atoms with Crippen LogP contribution in [0.25, 0.3) is 0 Å². The van der Waals surface area contributed by atoms with E-state index in [1.165, 1.54) is 0 Å². The molecule has 0 saturated carbocycles. The van der Waals surface area contributed by atoms with Crippen LogP contribution in [0.3, 0.4) is 0 Å². The lowest BCUT2D eigenvalue weighted by atomic mass is 10.1. The van der Waals surface area contributed by atoms with Crippen LogP contribution < -0.4 is 5.73 Å². The maximum Gasteiger partial charge on any atom is 0.410 e. The first kappa shape index (κ1) is 19.1. The second kappa shape index (κ2) is 7.76. The Bertz CT molecular complexity index is 607. The minimum atomic E-state index is -0.511. The molecule has 2 amide bonds. The summed E-state index contributed by atoms with van der Waals surface area (Å²) >= 11 is 0. The largest absolute Gasteiger partial charge is 0.444 e. The number of benzene rings is 1. The van der Waals surface area contributed by atoms with E-state index in [0.717, 1.165) is 11.3 Å². The highest BCUT2D eigenvalue weighted by molar-refractivity contribution is 5.77. The summed E-state index contributed by atoms with van der Waals surface area (Å²) in [6.07, 6.45) is 0.844. The molecule has 1 fully saturated rings. The van der Waals surface area contributed by atoms with Gasteiger partial charge >= 0.3 is 6.09 Å². The zero-order valence-corrected chi connectivity index (χ0v) is 15.6. The summed E-state index contributed by atoms with van der Waals surface area (Å²) in [6, 6.07) is 7.55. The second-order valence-corrected chi connectivity index (χ2v) is 7.60. The first-order valence-electron chi connectivity index (χ1n) is 8.77. The lowest BCUT2D eigenvalue weighted by Gasteiger charge is -2.40. The predicted molar refractivity (Wildman–Crippen MR) is 98.2 cm³/mol. The fraction of sp³-hybridized carbons (Fsp3) is 0.579. The number of carbonyl (C=O) groups is 2. The zero-order chi connectivity index (χ0) is 18.6. The van der Waals surface area contributed by atoms with Gasteiger partial charge in [-0.05, 0) is 51.8 Å². The van der Waals surface area contributed by atoms with E-state index in [1.807, 2.05) is 56.9 Å². The number of anilines is 1. The Kier molecular flexibility index (Phi) is 5.93. The summed E-state index contributed by atoms with van der Waals surface area (Å²) < 4.78 is 5.43. The number of carbonyl (C=O) groups excluding carboxylic acids is 2. The van der Waals surface area contributed by atoms with Gasteiger partial charge in [0, 0.05) is 37.8 Å².